The quantitative estimate of drug-likeness (QED) is 0.821. The Kier molecular flexibility index (Phi) is 5.43. The number of fused-ring (bicyclic) bond motifs is 1. The van der Waals surface area contributed by atoms with Crippen LogP contribution in [0.5, 0.6) is 0 Å². The van der Waals surface area contributed by atoms with Crippen molar-refractivity contribution < 1.29 is 9.84 Å². The summed E-state index contributed by atoms with van der Waals surface area (Å²) in [5.74, 6) is 0. The summed E-state index contributed by atoms with van der Waals surface area (Å²) in [6, 6.07) is 6.68. The van der Waals surface area contributed by atoms with Crippen molar-refractivity contribution in [3.05, 3.63) is 44.3 Å². The Morgan fingerprint density at radius 3 is 3.14 bits per heavy atom. The molecule has 0 aromatic carbocycles. The predicted molar refractivity (Wildman–Crippen MR) is 88.0 cm³/mol. The van der Waals surface area contributed by atoms with Crippen molar-refractivity contribution in [2.24, 2.45) is 0 Å². The Morgan fingerprint density at radius 1 is 1.33 bits per heavy atom. The molecule has 2 atom stereocenters. The summed E-state index contributed by atoms with van der Waals surface area (Å²) in [6.45, 7) is 1.56. The summed E-state index contributed by atoms with van der Waals surface area (Å²) < 4.78 is 5.56. The fourth-order valence-electron chi connectivity index (χ4n) is 2.73. The molecule has 3 rings (SSSR count). The van der Waals surface area contributed by atoms with Crippen LogP contribution in [0.3, 0.4) is 0 Å². The number of thiophene rings is 2. The van der Waals surface area contributed by atoms with E-state index in [1.165, 1.54) is 28.2 Å². The largest absolute Gasteiger partial charge is 0.389 e. The highest BCUT2D eigenvalue weighted by atomic mass is 32.1. The second kappa shape index (κ2) is 7.51. The van der Waals surface area contributed by atoms with Gasteiger partial charge in [-0.05, 0) is 47.7 Å². The lowest BCUT2D eigenvalue weighted by molar-refractivity contribution is 0.0283. The number of aliphatic hydroxyl groups excluding tert-OH is 1. The van der Waals surface area contributed by atoms with Gasteiger partial charge in [-0.2, -0.15) is 0 Å². The van der Waals surface area contributed by atoms with Gasteiger partial charge < -0.3 is 15.2 Å². The van der Waals surface area contributed by atoms with Gasteiger partial charge in [0.05, 0.1) is 19.3 Å². The lowest BCUT2D eigenvalue weighted by atomic mass is 9.94. The molecular formula is C16H21NO2S2. The Bertz CT molecular complexity index is 538. The van der Waals surface area contributed by atoms with E-state index in [-0.39, 0.29) is 0 Å². The standard InChI is InChI=1S/C16H21NO2S2/c18-12(10-19-11-13-3-2-7-20-13)9-17-15-4-1-5-16-14(15)6-8-21-16/h2-3,6-8,12,15,17-18H,1,4-5,9-11H2. The maximum Gasteiger partial charge on any atom is 0.0898 e. The maximum atomic E-state index is 10.0. The van der Waals surface area contributed by atoms with Crippen LogP contribution >= 0.6 is 22.7 Å². The van der Waals surface area contributed by atoms with E-state index in [4.69, 9.17) is 4.74 Å². The second-order valence-corrected chi connectivity index (χ2v) is 7.43. The van der Waals surface area contributed by atoms with E-state index in [2.05, 4.69) is 22.8 Å². The van der Waals surface area contributed by atoms with E-state index in [0.29, 0.717) is 25.8 Å². The van der Waals surface area contributed by atoms with Gasteiger partial charge >= 0.3 is 0 Å². The van der Waals surface area contributed by atoms with Crippen molar-refractivity contribution in [3.63, 3.8) is 0 Å². The van der Waals surface area contributed by atoms with Crippen molar-refractivity contribution in [3.8, 4) is 0 Å². The summed E-state index contributed by atoms with van der Waals surface area (Å²) in [5.41, 5.74) is 1.43. The second-order valence-electron chi connectivity index (χ2n) is 5.40. The van der Waals surface area contributed by atoms with Crippen molar-refractivity contribution >= 4 is 22.7 Å². The number of rotatable bonds is 7. The average Bonchev–Trinajstić information content (AvgIpc) is 3.16. The predicted octanol–water partition coefficient (Wildman–Crippen LogP) is 3.35. The van der Waals surface area contributed by atoms with Crippen molar-refractivity contribution in [1.29, 1.82) is 0 Å². The van der Waals surface area contributed by atoms with Gasteiger partial charge in [0.2, 0.25) is 0 Å². The molecule has 5 heteroatoms. The van der Waals surface area contributed by atoms with Crippen LogP contribution in [0.4, 0.5) is 0 Å². The van der Waals surface area contributed by atoms with Crippen LogP contribution in [-0.4, -0.2) is 24.4 Å². The van der Waals surface area contributed by atoms with E-state index < -0.39 is 6.10 Å². The first-order valence-electron chi connectivity index (χ1n) is 7.41. The molecule has 0 fully saturated rings. The molecule has 3 nitrogen and oxygen atoms in total. The van der Waals surface area contributed by atoms with Gasteiger partial charge in [0, 0.05) is 22.3 Å². The minimum Gasteiger partial charge on any atom is -0.389 e. The highest BCUT2D eigenvalue weighted by Crippen LogP contribution is 2.33. The molecule has 0 amide bonds. The van der Waals surface area contributed by atoms with E-state index in [1.54, 1.807) is 11.3 Å². The summed E-state index contributed by atoms with van der Waals surface area (Å²) in [5, 5.41) is 17.7. The lowest BCUT2D eigenvalue weighted by Crippen LogP contribution is -2.34. The number of ether oxygens (including phenoxy) is 1. The molecule has 0 spiro atoms. The zero-order valence-electron chi connectivity index (χ0n) is 12.0. The summed E-state index contributed by atoms with van der Waals surface area (Å²) in [4.78, 5) is 2.70. The van der Waals surface area contributed by atoms with Gasteiger partial charge in [0.25, 0.3) is 0 Å². The van der Waals surface area contributed by atoms with Crippen LogP contribution in [0, 0.1) is 0 Å². The number of hydrogen-bond donors (Lipinski definition) is 2. The molecule has 2 heterocycles. The van der Waals surface area contributed by atoms with E-state index in [9.17, 15) is 5.11 Å². The number of hydrogen-bond acceptors (Lipinski definition) is 5. The third-order valence-corrected chi connectivity index (χ3v) is 5.63. The topological polar surface area (TPSA) is 41.5 Å². The van der Waals surface area contributed by atoms with Crippen LogP contribution < -0.4 is 5.32 Å². The highest BCUT2D eigenvalue weighted by molar-refractivity contribution is 7.10. The first-order valence-corrected chi connectivity index (χ1v) is 9.16. The average molecular weight is 323 g/mol. The smallest absolute Gasteiger partial charge is 0.0898 e. The van der Waals surface area contributed by atoms with Crippen molar-refractivity contribution in [1.82, 2.24) is 5.32 Å². The summed E-state index contributed by atoms with van der Waals surface area (Å²) in [6.07, 6.45) is 3.15. The lowest BCUT2D eigenvalue weighted by Gasteiger charge is -2.25. The minimum absolute atomic E-state index is 0.383. The van der Waals surface area contributed by atoms with Gasteiger partial charge in [-0.1, -0.05) is 6.07 Å². The fraction of sp³-hybridized carbons (Fsp3) is 0.500. The van der Waals surface area contributed by atoms with Gasteiger partial charge in [-0.25, -0.2) is 0 Å². The first-order chi connectivity index (χ1) is 10.3. The molecule has 0 aliphatic heterocycles. The van der Waals surface area contributed by atoms with Gasteiger partial charge in [-0.3, -0.25) is 0 Å². The van der Waals surface area contributed by atoms with Gasteiger partial charge in [0.1, 0.15) is 0 Å². The molecular weight excluding hydrogens is 302 g/mol. The van der Waals surface area contributed by atoms with E-state index >= 15 is 0 Å². The molecule has 0 bridgehead atoms. The molecule has 0 saturated heterocycles. The Labute approximate surface area is 133 Å². The number of aliphatic hydroxyl groups is 1. The van der Waals surface area contributed by atoms with Crippen LogP contribution in [0.2, 0.25) is 0 Å². The van der Waals surface area contributed by atoms with Crippen molar-refractivity contribution in [2.75, 3.05) is 13.2 Å². The Morgan fingerprint density at radius 2 is 2.29 bits per heavy atom. The normalized spacial score (nSPS) is 19.4. The van der Waals surface area contributed by atoms with E-state index in [1.807, 2.05) is 22.8 Å². The van der Waals surface area contributed by atoms with Gasteiger partial charge in [-0.15, -0.1) is 22.7 Å². The molecule has 1 aliphatic rings. The fourth-order valence-corrected chi connectivity index (χ4v) is 4.35. The van der Waals surface area contributed by atoms with Crippen molar-refractivity contribution in [2.45, 2.75) is 38.0 Å². The molecule has 2 aromatic rings. The zero-order valence-corrected chi connectivity index (χ0v) is 13.6. The number of nitrogens with one attached hydrogen (secondary N) is 1. The maximum absolute atomic E-state index is 10.0. The highest BCUT2D eigenvalue weighted by Gasteiger charge is 2.21. The zero-order chi connectivity index (χ0) is 14.5. The van der Waals surface area contributed by atoms with Crippen LogP contribution in [0.25, 0.3) is 0 Å². The third-order valence-electron chi connectivity index (χ3n) is 3.79. The molecule has 2 unspecified atom stereocenters. The summed E-state index contributed by atoms with van der Waals surface area (Å²) >= 11 is 3.53. The molecule has 0 radical (unpaired) electrons. The Hall–Kier alpha value is -0.720. The van der Waals surface area contributed by atoms with E-state index in [0.717, 1.165) is 6.42 Å². The summed E-state index contributed by atoms with van der Waals surface area (Å²) in [7, 11) is 0. The number of aryl methyl sites for hydroxylation is 1. The molecule has 1 aliphatic carbocycles. The molecule has 0 saturated carbocycles. The molecule has 2 aromatic heterocycles. The molecule has 2 N–H and O–H groups in total. The van der Waals surface area contributed by atoms with Crippen LogP contribution in [0.1, 0.15) is 34.2 Å². The van der Waals surface area contributed by atoms with Gasteiger partial charge in [0.15, 0.2) is 0 Å². The molecule has 21 heavy (non-hydrogen) atoms. The SMILES string of the molecule is OC(CNC1CCCc2sccc21)COCc1cccs1. The minimum atomic E-state index is -0.450. The van der Waals surface area contributed by atoms with Crippen LogP contribution in [-0.2, 0) is 17.8 Å². The first kappa shape index (κ1) is 15.2. The molecule has 114 valence electrons. The Balaban J connectivity index is 1.39. The third kappa shape index (κ3) is 4.14. The monoisotopic (exact) mass is 323 g/mol. The van der Waals surface area contributed by atoms with Crippen LogP contribution in [0.15, 0.2) is 29.0 Å².